The number of rotatable bonds is 5. The molecule has 1 amide bonds. The number of nitrogens with two attached hydrogens (primary N) is 1. The molecular weight excluding hydrogens is 370 g/mol. The fourth-order valence-electron chi connectivity index (χ4n) is 2.79. The highest BCUT2D eigenvalue weighted by Crippen LogP contribution is 2.21. The van der Waals surface area contributed by atoms with Crippen molar-refractivity contribution in [1.82, 2.24) is 4.90 Å². The van der Waals surface area contributed by atoms with Crippen LogP contribution in [0.5, 0.6) is 0 Å². The predicted octanol–water partition coefficient (Wildman–Crippen LogP) is 2.06. The van der Waals surface area contributed by atoms with Gasteiger partial charge in [-0.1, -0.05) is 11.6 Å². The van der Waals surface area contributed by atoms with Crippen LogP contribution in [0.2, 0.25) is 5.02 Å². The first-order chi connectivity index (χ1) is 12.8. The van der Waals surface area contributed by atoms with Crippen molar-refractivity contribution < 1.29 is 19.1 Å². The smallest absolute Gasteiger partial charge is 0.309 e. The lowest BCUT2D eigenvalue weighted by Crippen LogP contribution is -2.40. The number of likely N-dealkylation sites (tertiary alicyclic amines) is 1. The first kappa shape index (κ1) is 20.5. The summed E-state index contributed by atoms with van der Waals surface area (Å²) >= 11 is 5.83. The monoisotopic (exact) mass is 389 g/mol. The maximum absolute atomic E-state index is 12.4. The lowest BCUT2D eigenvalue weighted by molar-refractivity contribution is -0.152. The molecule has 1 aliphatic heterocycles. The number of esters is 1. The minimum atomic E-state index is -0.624. The van der Waals surface area contributed by atoms with Crippen molar-refractivity contribution in [3.8, 4) is 6.07 Å². The van der Waals surface area contributed by atoms with Gasteiger partial charge in [0.15, 0.2) is 6.61 Å². The summed E-state index contributed by atoms with van der Waals surface area (Å²) in [7, 11) is 0. The van der Waals surface area contributed by atoms with Crippen molar-refractivity contribution in [3.05, 3.63) is 46.1 Å². The number of nitriles is 1. The Kier molecular flexibility index (Phi) is 6.97. The maximum Gasteiger partial charge on any atom is 0.309 e. The van der Waals surface area contributed by atoms with Gasteiger partial charge in [-0.15, -0.1) is 0 Å². The molecular formula is C19H20ClN3O4. The molecule has 0 radical (unpaired) electrons. The van der Waals surface area contributed by atoms with E-state index in [1.54, 1.807) is 35.2 Å². The minimum absolute atomic E-state index is 0.0903. The molecule has 0 atom stereocenters. The van der Waals surface area contributed by atoms with Crippen LogP contribution in [0, 0.1) is 17.2 Å². The number of carbonyl (C=O) groups excluding carboxylic acids is 3. The molecule has 8 heteroatoms. The molecule has 1 aromatic rings. The minimum Gasteiger partial charge on any atom is -0.457 e. The largest absolute Gasteiger partial charge is 0.457 e. The van der Waals surface area contributed by atoms with Gasteiger partial charge in [-0.05, 0) is 44.0 Å². The van der Waals surface area contributed by atoms with Crippen LogP contribution < -0.4 is 5.73 Å². The molecule has 0 spiro atoms. The van der Waals surface area contributed by atoms with E-state index in [1.807, 2.05) is 0 Å². The van der Waals surface area contributed by atoms with Crippen LogP contribution >= 0.6 is 11.6 Å². The van der Waals surface area contributed by atoms with Gasteiger partial charge in [0, 0.05) is 29.4 Å². The Hall–Kier alpha value is -2.85. The molecule has 1 fully saturated rings. The van der Waals surface area contributed by atoms with Gasteiger partial charge in [-0.2, -0.15) is 5.26 Å². The van der Waals surface area contributed by atoms with Gasteiger partial charge >= 0.3 is 5.97 Å². The SMILES string of the molecule is C/C(N)=C(/C#N)C(=O)COC(=O)C1CCN(C(=O)c2ccc(Cl)cc2)CC1. The van der Waals surface area contributed by atoms with E-state index in [0.717, 1.165) is 0 Å². The van der Waals surface area contributed by atoms with Crippen LogP contribution in [-0.2, 0) is 14.3 Å². The summed E-state index contributed by atoms with van der Waals surface area (Å²) in [5, 5.41) is 9.43. The van der Waals surface area contributed by atoms with Crippen molar-refractivity contribution in [2.75, 3.05) is 19.7 Å². The van der Waals surface area contributed by atoms with Crippen LogP contribution in [0.1, 0.15) is 30.1 Å². The molecule has 7 nitrogen and oxygen atoms in total. The summed E-state index contributed by atoms with van der Waals surface area (Å²) < 4.78 is 5.02. The van der Waals surface area contributed by atoms with E-state index in [2.05, 4.69) is 0 Å². The number of halogens is 1. The number of allylic oxidation sites excluding steroid dienone is 1. The van der Waals surface area contributed by atoms with Gasteiger partial charge in [0.05, 0.1) is 5.92 Å². The van der Waals surface area contributed by atoms with E-state index in [0.29, 0.717) is 36.5 Å². The van der Waals surface area contributed by atoms with Crippen LogP contribution in [0.15, 0.2) is 35.5 Å². The van der Waals surface area contributed by atoms with Gasteiger partial charge in [-0.3, -0.25) is 14.4 Å². The average molecular weight is 390 g/mol. The Labute approximate surface area is 162 Å². The van der Waals surface area contributed by atoms with Crippen LogP contribution in [-0.4, -0.2) is 42.3 Å². The average Bonchev–Trinajstić information content (AvgIpc) is 2.66. The summed E-state index contributed by atoms with van der Waals surface area (Å²) in [6.07, 6.45) is 0.895. The number of piperidine rings is 1. The number of amides is 1. The Bertz CT molecular complexity index is 799. The third-order valence-electron chi connectivity index (χ3n) is 4.34. The molecule has 27 heavy (non-hydrogen) atoms. The molecule has 0 unspecified atom stereocenters. The normalized spacial score (nSPS) is 15.5. The topological polar surface area (TPSA) is 113 Å². The number of hydrogen-bond donors (Lipinski definition) is 1. The van der Waals surface area contributed by atoms with Crippen molar-refractivity contribution >= 4 is 29.3 Å². The second kappa shape index (κ2) is 9.19. The number of Topliss-reactive ketones (excluding diaryl/α,β-unsaturated/α-hetero) is 1. The first-order valence-corrected chi connectivity index (χ1v) is 8.82. The highest BCUT2D eigenvalue weighted by Gasteiger charge is 2.29. The summed E-state index contributed by atoms with van der Waals surface area (Å²) in [5.74, 6) is -1.63. The van der Waals surface area contributed by atoms with Crippen molar-refractivity contribution in [3.63, 3.8) is 0 Å². The third kappa shape index (κ3) is 5.31. The zero-order valence-electron chi connectivity index (χ0n) is 14.9. The van der Waals surface area contributed by atoms with Gasteiger partial charge in [0.1, 0.15) is 11.6 Å². The zero-order chi connectivity index (χ0) is 20.0. The molecule has 0 aromatic heterocycles. The molecule has 2 rings (SSSR count). The van der Waals surface area contributed by atoms with E-state index in [9.17, 15) is 14.4 Å². The molecule has 1 aliphatic rings. The Morgan fingerprint density at radius 2 is 1.85 bits per heavy atom. The second-order valence-corrected chi connectivity index (χ2v) is 6.71. The van der Waals surface area contributed by atoms with Crippen LogP contribution in [0.4, 0.5) is 0 Å². The third-order valence-corrected chi connectivity index (χ3v) is 4.59. The fraction of sp³-hybridized carbons (Fsp3) is 0.368. The Morgan fingerprint density at radius 3 is 2.37 bits per heavy atom. The first-order valence-electron chi connectivity index (χ1n) is 8.44. The Morgan fingerprint density at radius 1 is 1.26 bits per heavy atom. The van der Waals surface area contributed by atoms with Gasteiger partial charge in [0.25, 0.3) is 5.91 Å². The summed E-state index contributed by atoms with van der Waals surface area (Å²) in [5.41, 5.74) is 5.88. The maximum atomic E-state index is 12.4. The van der Waals surface area contributed by atoms with Crippen molar-refractivity contribution in [2.24, 2.45) is 11.7 Å². The van der Waals surface area contributed by atoms with Gasteiger partial charge < -0.3 is 15.4 Å². The number of nitrogens with zero attached hydrogens (tertiary/aromatic N) is 2. The van der Waals surface area contributed by atoms with E-state index in [1.165, 1.54) is 6.92 Å². The standard InChI is InChI=1S/C19H20ClN3O4/c1-12(22)16(10-21)17(24)11-27-19(26)14-6-8-23(9-7-14)18(25)13-2-4-15(20)5-3-13/h2-5,14H,6-9,11,22H2,1H3/b16-12+. The fourth-order valence-corrected chi connectivity index (χ4v) is 2.92. The summed E-state index contributed by atoms with van der Waals surface area (Å²) in [4.78, 5) is 38.1. The number of ether oxygens (including phenoxy) is 1. The number of benzene rings is 1. The highest BCUT2D eigenvalue weighted by atomic mass is 35.5. The highest BCUT2D eigenvalue weighted by molar-refractivity contribution is 6.30. The van der Waals surface area contributed by atoms with Gasteiger partial charge in [-0.25, -0.2) is 0 Å². The zero-order valence-corrected chi connectivity index (χ0v) is 15.7. The Balaban J connectivity index is 1.84. The van der Waals surface area contributed by atoms with Crippen LogP contribution in [0.3, 0.4) is 0 Å². The molecule has 2 N–H and O–H groups in total. The summed E-state index contributed by atoms with van der Waals surface area (Å²) in [6.45, 7) is 1.76. The molecule has 1 heterocycles. The van der Waals surface area contributed by atoms with E-state index >= 15 is 0 Å². The molecule has 1 aromatic carbocycles. The van der Waals surface area contributed by atoms with E-state index in [-0.39, 0.29) is 23.1 Å². The summed E-state index contributed by atoms with van der Waals surface area (Å²) in [6, 6.07) is 8.34. The number of carbonyl (C=O) groups is 3. The van der Waals surface area contributed by atoms with Crippen LogP contribution in [0.25, 0.3) is 0 Å². The van der Waals surface area contributed by atoms with E-state index in [4.69, 9.17) is 27.3 Å². The predicted molar refractivity (Wildman–Crippen MR) is 98.5 cm³/mol. The second-order valence-electron chi connectivity index (χ2n) is 6.27. The molecule has 0 aliphatic carbocycles. The van der Waals surface area contributed by atoms with E-state index < -0.39 is 18.4 Å². The lowest BCUT2D eigenvalue weighted by atomic mass is 9.96. The number of ketones is 1. The van der Waals surface area contributed by atoms with Crippen molar-refractivity contribution in [2.45, 2.75) is 19.8 Å². The molecule has 142 valence electrons. The molecule has 0 saturated carbocycles. The number of hydrogen-bond acceptors (Lipinski definition) is 6. The van der Waals surface area contributed by atoms with Crippen molar-refractivity contribution in [1.29, 1.82) is 5.26 Å². The molecule has 1 saturated heterocycles. The van der Waals surface area contributed by atoms with Gasteiger partial charge in [0.2, 0.25) is 5.78 Å². The molecule has 0 bridgehead atoms. The quantitative estimate of drug-likeness (QED) is 0.468. The lowest BCUT2D eigenvalue weighted by Gasteiger charge is -2.31.